The lowest BCUT2D eigenvalue weighted by Crippen LogP contribution is -2.26. The standard InChI is InChI=1S/C16H22N4O3S/c1-5-23-12-6-8-13(9-7-12)24(21,22)20-15-11-10-14(18-19-15)17-16(2,3)4/h6-11H,5H2,1-4H3,(H,17,18)(H,19,20). The van der Waals surface area contributed by atoms with Crippen molar-refractivity contribution >= 4 is 21.7 Å². The molecule has 0 aliphatic rings. The third-order valence-electron chi connectivity index (χ3n) is 2.85. The topological polar surface area (TPSA) is 93.2 Å². The first-order valence-electron chi connectivity index (χ1n) is 7.57. The number of benzene rings is 1. The summed E-state index contributed by atoms with van der Waals surface area (Å²) in [5, 5.41) is 11.0. The Morgan fingerprint density at radius 2 is 1.58 bits per heavy atom. The number of rotatable bonds is 6. The minimum absolute atomic E-state index is 0.129. The monoisotopic (exact) mass is 350 g/mol. The highest BCUT2D eigenvalue weighted by molar-refractivity contribution is 7.92. The molecule has 0 radical (unpaired) electrons. The molecule has 0 saturated heterocycles. The molecule has 2 N–H and O–H groups in total. The zero-order valence-electron chi connectivity index (χ0n) is 14.2. The molecule has 0 bridgehead atoms. The van der Waals surface area contributed by atoms with E-state index in [1.165, 1.54) is 12.1 Å². The van der Waals surface area contributed by atoms with Gasteiger partial charge in [0.15, 0.2) is 5.82 Å². The maximum absolute atomic E-state index is 12.3. The third kappa shape index (κ3) is 5.09. The smallest absolute Gasteiger partial charge is 0.263 e. The van der Waals surface area contributed by atoms with E-state index in [0.717, 1.165) is 0 Å². The van der Waals surface area contributed by atoms with Gasteiger partial charge in [0.1, 0.15) is 11.6 Å². The van der Waals surface area contributed by atoms with E-state index in [1.807, 2.05) is 27.7 Å². The molecule has 130 valence electrons. The van der Waals surface area contributed by atoms with E-state index in [1.54, 1.807) is 24.3 Å². The zero-order valence-corrected chi connectivity index (χ0v) is 15.0. The van der Waals surface area contributed by atoms with Crippen molar-refractivity contribution in [2.45, 2.75) is 38.1 Å². The summed E-state index contributed by atoms with van der Waals surface area (Å²) < 4.78 is 32.4. The van der Waals surface area contributed by atoms with Crippen molar-refractivity contribution in [1.29, 1.82) is 0 Å². The molecule has 0 aliphatic heterocycles. The number of hydrogen-bond donors (Lipinski definition) is 2. The number of aromatic nitrogens is 2. The van der Waals surface area contributed by atoms with Crippen LogP contribution in [0.2, 0.25) is 0 Å². The van der Waals surface area contributed by atoms with Crippen molar-refractivity contribution in [2.75, 3.05) is 16.6 Å². The van der Waals surface area contributed by atoms with Gasteiger partial charge in [0.05, 0.1) is 11.5 Å². The van der Waals surface area contributed by atoms with Gasteiger partial charge in [-0.3, -0.25) is 4.72 Å². The van der Waals surface area contributed by atoms with Gasteiger partial charge in [-0.1, -0.05) is 0 Å². The second kappa shape index (κ2) is 7.04. The lowest BCUT2D eigenvalue weighted by Gasteiger charge is -2.20. The highest BCUT2D eigenvalue weighted by Crippen LogP contribution is 2.19. The minimum Gasteiger partial charge on any atom is -0.494 e. The highest BCUT2D eigenvalue weighted by Gasteiger charge is 2.16. The summed E-state index contributed by atoms with van der Waals surface area (Å²) >= 11 is 0. The Morgan fingerprint density at radius 3 is 2.08 bits per heavy atom. The molecule has 1 aromatic heterocycles. The Morgan fingerprint density at radius 1 is 1.00 bits per heavy atom. The zero-order chi connectivity index (χ0) is 17.8. The maximum Gasteiger partial charge on any atom is 0.263 e. The second-order valence-electron chi connectivity index (χ2n) is 6.19. The lowest BCUT2D eigenvalue weighted by atomic mass is 10.1. The molecule has 0 spiro atoms. The van der Waals surface area contributed by atoms with Gasteiger partial charge in [0.25, 0.3) is 10.0 Å². The van der Waals surface area contributed by atoms with Gasteiger partial charge in [0, 0.05) is 5.54 Å². The van der Waals surface area contributed by atoms with Crippen LogP contribution in [0.3, 0.4) is 0 Å². The van der Waals surface area contributed by atoms with Crippen LogP contribution in [-0.4, -0.2) is 30.8 Å². The summed E-state index contributed by atoms with van der Waals surface area (Å²) in [5.74, 6) is 1.35. The molecule has 2 aromatic rings. The van der Waals surface area contributed by atoms with Gasteiger partial charge in [0.2, 0.25) is 0 Å². The first-order valence-corrected chi connectivity index (χ1v) is 9.05. The molecule has 0 atom stereocenters. The molecule has 1 heterocycles. The SMILES string of the molecule is CCOc1ccc(S(=O)(=O)Nc2ccc(NC(C)(C)C)nn2)cc1. The highest BCUT2D eigenvalue weighted by atomic mass is 32.2. The number of nitrogens with one attached hydrogen (secondary N) is 2. The van der Waals surface area contributed by atoms with E-state index >= 15 is 0 Å². The average molecular weight is 350 g/mol. The molecule has 8 heteroatoms. The Kier molecular flexibility index (Phi) is 5.28. The Bertz CT molecular complexity index is 766. The predicted octanol–water partition coefficient (Wildman–Crippen LogP) is 2.89. The van der Waals surface area contributed by atoms with Gasteiger partial charge in [-0.25, -0.2) is 8.42 Å². The first kappa shape index (κ1) is 18.0. The summed E-state index contributed by atoms with van der Waals surface area (Å²) in [6, 6.07) is 9.42. The van der Waals surface area contributed by atoms with Crippen LogP contribution in [0.5, 0.6) is 5.75 Å². The largest absolute Gasteiger partial charge is 0.494 e. The van der Waals surface area contributed by atoms with E-state index < -0.39 is 10.0 Å². The van der Waals surface area contributed by atoms with E-state index in [0.29, 0.717) is 18.2 Å². The van der Waals surface area contributed by atoms with Crippen LogP contribution in [0, 0.1) is 0 Å². The van der Waals surface area contributed by atoms with Gasteiger partial charge >= 0.3 is 0 Å². The van der Waals surface area contributed by atoms with Crippen LogP contribution in [0.1, 0.15) is 27.7 Å². The quantitative estimate of drug-likeness (QED) is 0.832. The molecule has 7 nitrogen and oxygen atoms in total. The van der Waals surface area contributed by atoms with Crippen LogP contribution in [0.4, 0.5) is 11.6 Å². The normalized spacial score (nSPS) is 11.8. The van der Waals surface area contributed by atoms with Crippen molar-refractivity contribution in [1.82, 2.24) is 10.2 Å². The van der Waals surface area contributed by atoms with E-state index in [4.69, 9.17) is 4.74 Å². The Labute approximate surface area is 142 Å². The van der Waals surface area contributed by atoms with Crippen molar-refractivity contribution < 1.29 is 13.2 Å². The van der Waals surface area contributed by atoms with Crippen LogP contribution in [0.25, 0.3) is 0 Å². The second-order valence-corrected chi connectivity index (χ2v) is 7.87. The number of anilines is 2. The molecule has 0 fully saturated rings. The van der Waals surface area contributed by atoms with E-state index in [2.05, 4.69) is 20.2 Å². The summed E-state index contributed by atoms with van der Waals surface area (Å²) in [7, 11) is -3.72. The van der Waals surface area contributed by atoms with Crippen molar-refractivity contribution in [3.05, 3.63) is 36.4 Å². The lowest BCUT2D eigenvalue weighted by molar-refractivity contribution is 0.340. The summed E-state index contributed by atoms with van der Waals surface area (Å²) in [4.78, 5) is 0.129. The number of ether oxygens (including phenoxy) is 1. The number of hydrogen-bond acceptors (Lipinski definition) is 6. The van der Waals surface area contributed by atoms with Crippen LogP contribution in [0.15, 0.2) is 41.3 Å². The molecule has 0 amide bonds. The van der Waals surface area contributed by atoms with Gasteiger partial charge in [-0.15, -0.1) is 10.2 Å². The van der Waals surface area contributed by atoms with Gasteiger partial charge < -0.3 is 10.1 Å². The van der Waals surface area contributed by atoms with Crippen molar-refractivity contribution in [2.24, 2.45) is 0 Å². The summed E-state index contributed by atoms with van der Waals surface area (Å²) in [5.41, 5.74) is -0.155. The van der Waals surface area contributed by atoms with Crippen LogP contribution < -0.4 is 14.8 Å². The van der Waals surface area contributed by atoms with Crippen LogP contribution >= 0.6 is 0 Å². The molecular weight excluding hydrogens is 328 g/mol. The third-order valence-corrected chi connectivity index (χ3v) is 4.22. The fourth-order valence-corrected chi connectivity index (χ4v) is 2.91. The van der Waals surface area contributed by atoms with E-state index in [-0.39, 0.29) is 16.3 Å². The average Bonchev–Trinajstić information content (AvgIpc) is 2.48. The maximum atomic E-state index is 12.3. The van der Waals surface area contributed by atoms with Crippen molar-refractivity contribution in [3.63, 3.8) is 0 Å². The predicted molar refractivity (Wildman–Crippen MR) is 93.8 cm³/mol. The number of sulfonamides is 1. The van der Waals surface area contributed by atoms with Crippen LogP contribution in [-0.2, 0) is 10.0 Å². The fraction of sp³-hybridized carbons (Fsp3) is 0.375. The molecule has 0 aliphatic carbocycles. The molecule has 1 aromatic carbocycles. The Balaban J connectivity index is 2.11. The summed E-state index contributed by atoms with van der Waals surface area (Å²) in [6.45, 7) is 8.38. The first-order chi connectivity index (χ1) is 11.2. The molecule has 24 heavy (non-hydrogen) atoms. The van der Waals surface area contributed by atoms with E-state index in [9.17, 15) is 8.42 Å². The fourth-order valence-electron chi connectivity index (χ4n) is 1.92. The van der Waals surface area contributed by atoms with Gasteiger partial charge in [-0.05, 0) is 64.1 Å². The van der Waals surface area contributed by atoms with Crippen molar-refractivity contribution in [3.8, 4) is 5.75 Å². The molecule has 0 saturated carbocycles. The minimum atomic E-state index is -3.72. The molecule has 0 unspecified atom stereocenters. The number of nitrogens with zero attached hydrogens (tertiary/aromatic N) is 2. The molecular formula is C16H22N4O3S. The Hall–Kier alpha value is -2.35. The van der Waals surface area contributed by atoms with Gasteiger partial charge in [-0.2, -0.15) is 0 Å². The summed E-state index contributed by atoms with van der Waals surface area (Å²) in [6.07, 6.45) is 0. The molecule has 2 rings (SSSR count).